The van der Waals surface area contributed by atoms with Crippen LogP contribution in [0.5, 0.6) is 0 Å². The smallest absolute Gasteiger partial charge is 0.309 e. The van der Waals surface area contributed by atoms with Crippen LogP contribution in [0.4, 0.5) is 0 Å². The van der Waals surface area contributed by atoms with Crippen molar-refractivity contribution in [2.45, 2.75) is 18.6 Å². The first-order valence-corrected chi connectivity index (χ1v) is 4.55. The van der Waals surface area contributed by atoms with E-state index in [-0.39, 0.29) is 12.2 Å². The summed E-state index contributed by atoms with van der Waals surface area (Å²) < 4.78 is 15.3. The van der Waals surface area contributed by atoms with E-state index >= 15 is 0 Å². The third-order valence-corrected chi connectivity index (χ3v) is 2.33. The molecule has 0 aliphatic carbocycles. The van der Waals surface area contributed by atoms with Crippen molar-refractivity contribution in [2.24, 2.45) is 5.92 Å². The molecule has 0 amide bonds. The number of rotatable bonds is 5. The summed E-state index contributed by atoms with van der Waals surface area (Å²) in [5.74, 6) is -1.30. The van der Waals surface area contributed by atoms with Crippen LogP contribution < -0.4 is 0 Å². The second-order valence-electron chi connectivity index (χ2n) is 3.39. The fraction of sp³-hybridized carbons (Fsp3) is 0.889. The maximum Gasteiger partial charge on any atom is 0.309 e. The van der Waals surface area contributed by atoms with Gasteiger partial charge in [0.2, 0.25) is 0 Å². The van der Waals surface area contributed by atoms with Gasteiger partial charge in [-0.15, -0.1) is 0 Å². The van der Waals surface area contributed by atoms with Crippen molar-refractivity contribution >= 4 is 5.97 Å². The number of ether oxygens (including phenoxy) is 3. The summed E-state index contributed by atoms with van der Waals surface area (Å²) >= 11 is 0. The van der Waals surface area contributed by atoms with Gasteiger partial charge in [0, 0.05) is 14.2 Å². The fourth-order valence-electron chi connectivity index (χ4n) is 1.71. The monoisotopic (exact) mass is 204 g/mol. The zero-order valence-electron chi connectivity index (χ0n) is 8.43. The largest absolute Gasteiger partial charge is 0.481 e. The molecule has 3 unspecified atom stereocenters. The molecule has 5 nitrogen and oxygen atoms in total. The molecule has 0 saturated carbocycles. The Bertz CT molecular complexity index is 194. The molecular formula is C9H16O5. The van der Waals surface area contributed by atoms with Crippen LogP contribution in [0.2, 0.25) is 0 Å². The third kappa shape index (κ3) is 2.67. The molecule has 3 atom stereocenters. The maximum atomic E-state index is 10.9. The van der Waals surface area contributed by atoms with Crippen molar-refractivity contribution in [1.82, 2.24) is 0 Å². The summed E-state index contributed by atoms with van der Waals surface area (Å²) in [5, 5.41) is 8.92. The van der Waals surface area contributed by atoms with Crippen molar-refractivity contribution < 1.29 is 24.1 Å². The molecular weight excluding hydrogens is 188 g/mol. The number of carbonyl (C=O) groups is 1. The van der Waals surface area contributed by atoms with Crippen LogP contribution in [0.1, 0.15) is 6.42 Å². The molecule has 1 aliphatic heterocycles. The first kappa shape index (κ1) is 11.4. The molecule has 5 heteroatoms. The highest BCUT2D eigenvalue weighted by molar-refractivity contribution is 5.71. The average Bonchev–Trinajstić information content (AvgIpc) is 2.49. The van der Waals surface area contributed by atoms with E-state index in [4.69, 9.17) is 19.3 Å². The molecule has 0 aromatic heterocycles. The predicted octanol–water partition coefficient (Wildman–Crippen LogP) is 0.138. The highest BCUT2D eigenvalue weighted by Gasteiger charge is 2.39. The Balaban J connectivity index is 2.51. The molecule has 0 aromatic rings. The first-order chi connectivity index (χ1) is 6.69. The zero-order valence-corrected chi connectivity index (χ0v) is 8.43. The molecule has 1 saturated heterocycles. The lowest BCUT2D eigenvalue weighted by molar-refractivity contribution is -0.144. The first-order valence-electron chi connectivity index (χ1n) is 4.55. The van der Waals surface area contributed by atoms with Crippen molar-refractivity contribution in [2.75, 3.05) is 27.4 Å². The molecule has 1 fully saturated rings. The van der Waals surface area contributed by atoms with Crippen molar-refractivity contribution in [3.63, 3.8) is 0 Å². The molecule has 14 heavy (non-hydrogen) atoms. The molecule has 0 spiro atoms. The Hall–Kier alpha value is -0.650. The van der Waals surface area contributed by atoms with Crippen LogP contribution in [0.3, 0.4) is 0 Å². The number of aliphatic carboxylic acids is 1. The lowest BCUT2D eigenvalue weighted by Gasteiger charge is -2.13. The Labute approximate surface area is 82.9 Å². The van der Waals surface area contributed by atoms with E-state index in [2.05, 4.69) is 0 Å². The van der Waals surface area contributed by atoms with Gasteiger partial charge in [-0.3, -0.25) is 4.79 Å². The molecule has 1 aliphatic rings. The molecule has 0 aromatic carbocycles. The summed E-state index contributed by atoms with van der Waals surface area (Å²) in [6, 6.07) is 0. The molecule has 1 rings (SSSR count). The normalized spacial score (nSPS) is 32.0. The van der Waals surface area contributed by atoms with Gasteiger partial charge < -0.3 is 19.3 Å². The Morgan fingerprint density at radius 2 is 2.07 bits per heavy atom. The molecule has 0 bridgehead atoms. The van der Waals surface area contributed by atoms with E-state index in [0.717, 1.165) is 0 Å². The van der Waals surface area contributed by atoms with Crippen LogP contribution in [-0.2, 0) is 19.0 Å². The fourth-order valence-corrected chi connectivity index (χ4v) is 1.71. The topological polar surface area (TPSA) is 65.0 Å². The van der Waals surface area contributed by atoms with Gasteiger partial charge in [0.1, 0.15) is 0 Å². The highest BCUT2D eigenvalue weighted by Crippen LogP contribution is 2.27. The van der Waals surface area contributed by atoms with Gasteiger partial charge >= 0.3 is 5.97 Å². The minimum absolute atomic E-state index is 0.124. The van der Waals surface area contributed by atoms with Gasteiger partial charge in [-0.25, -0.2) is 0 Å². The summed E-state index contributed by atoms with van der Waals surface area (Å²) in [6.45, 7) is 0.751. The van der Waals surface area contributed by atoms with E-state index in [9.17, 15) is 4.79 Å². The van der Waals surface area contributed by atoms with E-state index in [1.807, 2.05) is 0 Å². The van der Waals surface area contributed by atoms with Crippen LogP contribution in [0.25, 0.3) is 0 Å². The molecule has 1 heterocycles. The van der Waals surface area contributed by atoms with Crippen molar-refractivity contribution in [1.29, 1.82) is 0 Å². The van der Waals surface area contributed by atoms with E-state index in [0.29, 0.717) is 19.6 Å². The van der Waals surface area contributed by atoms with Crippen LogP contribution >= 0.6 is 0 Å². The molecule has 1 N–H and O–H groups in total. The third-order valence-electron chi connectivity index (χ3n) is 2.33. The predicted molar refractivity (Wildman–Crippen MR) is 48.2 cm³/mol. The second kappa shape index (κ2) is 5.29. The number of carboxylic acids is 1. The van der Waals surface area contributed by atoms with Gasteiger partial charge in [0.25, 0.3) is 0 Å². The minimum Gasteiger partial charge on any atom is -0.481 e. The summed E-state index contributed by atoms with van der Waals surface area (Å²) in [7, 11) is 3.11. The van der Waals surface area contributed by atoms with Gasteiger partial charge in [-0.1, -0.05) is 0 Å². The van der Waals surface area contributed by atoms with Gasteiger partial charge in [-0.05, 0) is 6.42 Å². The van der Waals surface area contributed by atoms with Crippen LogP contribution in [0.15, 0.2) is 0 Å². The van der Waals surface area contributed by atoms with Crippen LogP contribution in [0, 0.1) is 5.92 Å². The Morgan fingerprint density at radius 3 is 2.57 bits per heavy atom. The van der Waals surface area contributed by atoms with Gasteiger partial charge in [0.15, 0.2) is 0 Å². The van der Waals surface area contributed by atoms with E-state index in [1.165, 1.54) is 7.11 Å². The zero-order chi connectivity index (χ0) is 10.6. The molecule has 0 radical (unpaired) electrons. The number of carboxylic acid groups (broad SMARTS) is 1. The van der Waals surface area contributed by atoms with Crippen molar-refractivity contribution in [3.05, 3.63) is 0 Å². The Morgan fingerprint density at radius 1 is 1.43 bits per heavy atom. The Kier molecular flexibility index (Phi) is 4.31. The lowest BCUT2D eigenvalue weighted by atomic mass is 10.0. The lowest BCUT2D eigenvalue weighted by Crippen LogP contribution is -2.27. The average molecular weight is 204 g/mol. The highest BCUT2D eigenvalue weighted by atomic mass is 16.6. The number of hydrogen-bond donors (Lipinski definition) is 1. The summed E-state index contributed by atoms with van der Waals surface area (Å²) in [4.78, 5) is 10.9. The van der Waals surface area contributed by atoms with Gasteiger partial charge in [-0.2, -0.15) is 0 Å². The standard InChI is InChI=1S/C9H16O5/c1-12-4-6-3-7(9(10)11)8(14-6)5-13-2/h6-8H,3-5H2,1-2H3,(H,10,11). The summed E-state index contributed by atoms with van der Waals surface area (Å²) in [5.41, 5.74) is 0. The second-order valence-corrected chi connectivity index (χ2v) is 3.39. The van der Waals surface area contributed by atoms with E-state index < -0.39 is 11.9 Å². The number of hydrogen-bond acceptors (Lipinski definition) is 4. The van der Waals surface area contributed by atoms with E-state index in [1.54, 1.807) is 7.11 Å². The minimum atomic E-state index is -0.828. The molecule has 82 valence electrons. The van der Waals surface area contributed by atoms with Crippen molar-refractivity contribution in [3.8, 4) is 0 Å². The SMILES string of the molecule is COCC1CC(C(=O)O)C(COC)O1. The number of methoxy groups -OCH3 is 2. The summed E-state index contributed by atoms with van der Waals surface area (Å²) in [6.07, 6.45) is 0.0240. The van der Waals surface area contributed by atoms with Gasteiger partial charge in [0.05, 0.1) is 31.3 Å². The van der Waals surface area contributed by atoms with Crippen LogP contribution in [-0.4, -0.2) is 50.7 Å². The maximum absolute atomic E-state index is 10.9. The quantitative estimate of drug-likeness (QED) is 0.690.